The van der Waals surface area contributed by atoms with Crippen molar-refractivity contribution in [2.75, 3.05) is 26.2 Å². The summed E-state index contributed by atoms with van der Waals surface area (Å²) in [4.78, 5) is 22.3. The van der Waals surface area contributed by atoms with Crippen LogP contribution in [0.1, 0.15) is 46.1 Å². The van der Waals surface area contributed by atoms with Gasteiger partial charge in [-0.25, -0.2) is 14.1 Å². The zero-order valence-corrected chi connectivity index (χ0v) is 21.4. The molecule has 0 unspecified atom stereocenters. The molecule has 1 saturated heterocycles. The second kappa shape index (κ2) is 9.64. The molecule has 6 rings (SSSR count). The summed E-state index contributed by atoms with van der Waals surface area (Å²) in [5.41, 5.74) is 11.7. The zero-order chi connectivity index (χ0) is 26.4. The van der Waals surface area contributed by atoms with Crippen molar-refractivity contribution in [1.29, 1.82) is 0 Å². The van der Waals surface area contributed by atoms with Crippen molar-refractivity contribution >= 4 is 22.5 Å². The number of nitrogens with two attached hydrogens (primary N) is 1. The van der Waals surface area contributed by atoms with E-state index in [4.69, 9.17) is 10.7 Å². The number of aryl methyl sites for hydroxylation is 1. The van der Waals surface area contributed by atoms with Crippen molar-refractivity contribution in [2.45, 2.75) is 32.4 Å². The van der Waals surface area contributed by atoms with Crippen LogP contribution in [-0.4, -0.2) is 61.9 Å². The Morgan fingerprint density at radius 1 is 1.08 bits per heavy atom. The molecule has 8 nitrogen and oxygen atoms in total. The summed E-state index contributed by atoms with van der Waals surface area (Å²) in [5.74, 6) is -0.344. The number of carbonyl (C=O) groups excluding carboxylic acids is 1. The first-order valence-corrected chi connectivity index (χ1v) is 13.0. The Morgan fingerprint density at radius 3 is 2.58 bits per heavy atom. The van der Waals surface area contributed by atoms with Crippen LogP contribution in [0.25, 0.3) is 27.9 Å². The predicted molar refractivity (Wildman–Crippen MR) is 145 cm³/mol. The topological polar surface area (TPSA) is 93.2 Å². The van der Waals surface area contributed by atoms with Gasteiger partial charge in [-0.05, 0) is 61.7 Å². The maximum atomic E-state index is 14.0. The molecule has 2 N–H and O–H groups in total. The molecule has 1 amide bonds. The van der Waals surface area contributed by atoms with Crippen LogP contribution in [0, 0.1) is 12.7 Å². The summed E-state index contributed by atoms with van der Waals surface area (Å²) >= 11 is 0. The second-order valence-electron chi connectivity index (χ2n) is 10.1. The number of piperazine rings is 1. The standard InChI is InChI=1S/C29H30FN7O/c1-18-13-26(20-4-8-25(30)22(14-20)16-31)32-27-15-21(3-7-24(18)27)29(38)36-11-9-35(10-12-36)19(2)28-17-37(34-33-28)23-5-6-23/h3-4,7-8,13-15,17,23H,2,5-6,9-12,16,31H2,1H3. The van der Waals surface area contributed by atoms with E-state index in [0.29, 0.717) is 43.3 Å². The molecule has 0 atom stereocenters. The predicted octanol–water partition coefficient (Wildman–Crippen LogP) is 4.16. The first-order chi connectivity index (χ1) is 18.4. The average Bonchev–Trinajstić information content (AvgIpc) is 3.68. The highest BCUT2D eigenvalue weighted by Gasteiger charge is 2.27. The Labute approximate surface area is 220 Å². The fraction of sp³-hybridized carbons (Fsp3) is 0.310. The third-order valence-electron chi connectivity index (χ3n) is 7.50. The van der Waals surface area contributed by atoms with Crippen molar-refractivity contribution < 1.29 is 9.18 Å². The van der Waals surface area contributed by atoms with E-state index in [9.17, 15) is 9.18 Å². The molecule has 2 aromatic heterocycles. The Balaban J connectivity index is 1.18. The van der Waals surface area contributed by atoms with Gasteiger partial charge < -0.3 is 15.5 Å². The van der Waals surface area contributed by atoms with Crippen LogP contribution in [0.4, 0.5) is 4.39 Å². The molecular formula is C29H30FN7O. The van der Waals surface area contributed by atoms with Gasteiger partial charge in [0.05, 0.1) is 29.1 Å². The van der Waals surface area contributed by atoms with Gasteiger partial charge in [-0.3, -0.25) is 4.79 Å². The molecule has 4 aromatic rings. The Morgan fingerprint density at radius 2 is 1.84 bits per heavy atom. The summed E-state index contributed by atoms with van der Waals surface area (Å²) in [5, 5.41) is 9.50. The zero-order valence-electron chi connectivity index (χ0n) is 21.4. The van der Waals surface area contributed by atoms with Crippen LogP contribution in [0.15, 0.2) is 55.2 Å². The molecular weight excluding hydrogens is 481 g/mol. The van der Waals surface area contributed by atoms with Gasteiger partial charge in [0.15, 0.2) is 0 Å². The molecule has 38 heavy (non-hydrogen) atoms. The van der Waals surface area contributed by atoms with Crippen LogP contribution in [0.2, 0.25) is 0 Å². The smallest absolute Gasteiger partial charge is 0.254 e. The molecule has 9 heteroatoms. The summed E-state index contributed by atoms with van der Waals surface area (Å²) in [6, 6.07) is 13.0. The number of rotatable bonds is 6. The first-order valence-electron chi connectivity index (χ1n) is 13.0. The Hall–Kier alpha value is -4.11. The highest BCUT2D eigenvalue weighted by atomic mass is 19.1. The Kier molecular flexibility index (Phi) is 6.15. The third-order valence-corrected chi connectivity index (χ3v) is 7.50. The van der Waals surface area contributed by atoms with E-state index in [1.807, 2.05) is 47.0 Å². The van der Waals surface area contributed by atoms with Gasteiger partial charge in [0, 0.05) is 54.8 Å². The molecule has 0 radical (unpaired) electrons. The molecule has 194 valence electrons. The van der Waals surface area contributed by atoms with Gasteiger partial charge in [0.25, 0.3) is 5.91 Å². The van der Waals surface area contributed by atoms with Gasteiger partial charge in [-0.1, -0.05) is 17.9 Å². The summed E-state index contributed by atoms with van der Waals surface area (Å²) < 4.78 is 15.9. The van der Waals surface area contributed by atoms with Crippen molar-refractivity contribution in [3.8, 4) is 11.3 Å². The van der Waals surface area contributed by atoms with E-state index < -0.39 is 0 Å². The van der Waals surface area contributed by atoms with Gasteiger partial charge in [-0.2, -0.15) is 0 Å². The van der Waals surface area contributed by atoms with Crippen LogP contribution >= 0.6 is 0 Å². The van der Waals surface area contributed by atoms with E-state index in [-0.39, 0.29) is 18.3 Å². The number of halogens is 1. The SMILES string of the molecule is C=C(c1cn(C2CC2)nn1)N1CCN(C(=O)c2ccc3c(C)cc(-c4ccc(F)c(CN)c4)nc3c2)CC1. The quantitative estimate of drug-likeness (QED) is 0.418. The lowest BCUT2D eigenvalue weighted by Gasteiger charge is -2.36. The molecule has 1 aliphatic heterocycles. The maximum Gasteiger partial charge on any atom is 0.254 e. The molecule has 3 heterocycles. The lowest BCUT2D eigenvalue weighted by molar-refractivity contribution is 0.0686. The van der Waals surface area contributed by atoms with Gasteiger partial charge in [-0.15, -0.1) is 5.10 Å². The number of amides is 1. The molecule has 0 spiro atoms. The highest BCUT2D eigenvalue weighted by molar-refractivity contribution is 5.98. The number of benzene rings is 2. The largest absolute Gasteiger partial charge is 0.367 e. The number of nitrogens with zero attached hydrogens (tertiary/aromatic N) is 6. The Bertz CT molecular complexity index is 1550. The lowest BCUT2D eigenvalue weighted by atomic mass is 10.0. The van der Waals surface area contributed by atoms with Crippen LogP contribution in [0.3, 0.4) is 0 Å². The van der Waals surface area contributed by atoms with Crippen LogP contribution in [0.5, 0.6) is 0 Å². The van der Waals surface area contributed by atoms with E-state index in [1.165, 1.54) is 6.07 Å². The third kappa shape index (κ3) is 4.54. The summed E-state index contributed by atoms with van der Waals surface area (Å²) in [6.07, 6.45) is 4.28. The van der Waals surface area contributed by atoms with E-state index in [2.05, 4.69) is 21.8 Å². The van der Waals surface area contributed by atoms with Gasteiger partial charge >= 0.3 is 0 Å². The molecule has 1 saturated carbocycles. The van der Waals surface area contributed by atoms with E-state index in [1.54, 1.807) is 12.1 Å². The second-order valence-corrected chi connectivity index (χ2v) is 10.1. The highest BCUT2D eigenvalue weighted by Crippen LogP contribution is 2.34. The van der Waals surface area contributed by atoms with E-state index in [0.717, 1.165) is 52.0 Å². The molecule has 1 aliphatic carbocycles. The maximum absolute atomic E-state index is 14.0. The molecule has 2 fully saturated rings. The lowest BCUT2D eigenvalue weighted by Crippen LogP contribution is -2.47. The fourth-order valence-corrected chi connectivity index (χ4v) is 5.02. The normalized spacial score (nSPS) is 15.8. The minimum Gasteiger partial charge on any atom is -0.367 e. The van der Waals surface area contributed by atoms with Crippen LogP contribution in [-0.2, 0) is 6.54 Å². The van der Waals surface area contributed by atoms with Crippen molar-refractivity contribution in [2.24, 2.45) is 5.73 Å². The average molecular weight is 512 g/mol. The first kappa shape index (κ1) is 24.2. The number of carbonyl (C=O) groups is 1. The minimum atomic E-state index is -0.324. The summed E-state index contributed by atoms with van der Waals surface area (Å²) in [6.45, 7) is 8.92. The van der Waals surface area contributed by atoms with E-state index >= 15 is 0 Å². The number of fused-ring (bicyclic) bond motifs is 1. The number of hydrogen-bond donors (Lipinski definition) is 1. The fourth-order valence-electron chi connectivity index (χ4n) is 5.02. The summed E-state index contributed by atoms with van der Waals surface area (Å²) in [7, 11) is 0. The number of pyridine rings is 1. The van der Waals surface area contributed by atoms with Gasteiger partial charge in [0.1, 0.15) is 11.5 Å². The molecule has 2 aromatic carbocycles. The van der Waals surface area contributed by atoms with Gasteiger partial charge in [0.2, 0.25) is 0 Å². The number of aromatic nitrogens is 4. The van der Waals surface area contributed by atoms with Crippen LogP contribution < -0.4 is 5.73 Å². The molecule has 2 aliphatic rings. The van der Waals surface area contributed by atoms with Crippen molar-refractivity contribution in [3.63, 3.8) is 0 Å². The van der Waals surface area contributed by atoms with Crippen molar-refractivity contribution in [1.82, 2.24) is 29.8 Å². The van der Waals surface area contributed by atoms with Crippen molar-refractivity contribution in [3.05, 3.63) is 83.4 Å². The monoisotopic (exact) mass is 511 g/mol. The minimum absolute atomic E-state index is 0.0195. The molecule has 0 bridgehead atoms. The number of hydrogen-bond acceptors (Lipinski definition) is 6.